The van der Waals surface area contributed by atoms with E-state index >= 15 is 0 Å². The van der Waals surface area contributed by atoms with Crippen molar-refractivity contribution in [2.75, 3.05) is 5.73 Å². The third-order valence-electron chi connectivity index (χ3n) is 2.61. The molecule has 0 aliphatic heterocycles. The van der Waals surface area contributed by atoms with Crippen LogP contribution in [0.5, 0.6) is 0 Å². The summed E-state index contributed by atoms with van der Waals surface area (Å²) in [6, 6.07) is 10.1. The van der Waals surface area contributed by atoms with Gasteiger partial charge in [0, 0.05) is 12.6 Å². The molecule has 1 heterocycles. The fraction of sp³-hybridized carbons (Fsp3) is 0.231. The summed E-state index contributed by atoms with van der Waals surface area (Å²) >= 11 is 0. The molecule has 0 atom stereocenters. The van der Waals surface area contributed by atoms with Gasteiger partial charge in [-0.1, -0.05) is 24.3 Å². The van der Waals surface area contributed by atoms with E-state index in [1.807, 2.05) is 0 Å². The largest absolute Gasteiger partial charge is 0.384 e. The lowest BCUT2D eigenvalue weighted by Gasteiger charge is -2.04. The molecule has 82 valence electrons. The number of hydrogen-bond donors (Lipinski definition) is 1. The van der Waals surface area contributed by atoms with Crippen LogP contribution in [0.25, 0.3) is 0 Å². The Hall–Kier alpha value is -1.90. The fourth-order valence-electron chi connectivity index (χ4n) is 1.67. The molecule has 1 aromatic carbocycles. The van der Waals surface area contributed by atoms with E-state index in [-0.39, 0.29) is 0 Å². The summed E-state index contributed by atoms with van der Waals surface area (Å²) in [5.74, 6) is 1.35. The number of hydrogen-bond acceptors (Lipinski definition) is 3. The molecule has 2 aromatic rings. The van der Waals surface area contributed by atoms with Gasteiger partial charge in [-0.2, -0.15) is 0 Å². The van der Waals surface area contributed by atoms with Gasteiger partial charge in [-0.3, -0.25) is 0 Å². The topological polar surface area (TPSA) is 51.8 Å². The normalized spacial score (nSPS) is 10.3. The third kappa shape index (κ3) is 2.57. The summed E-state index contributed by atoms with van der Waals surface area (Å²) in [4.78, 5) is 8.38. The van der Waals surface area contributed by atoms with Crippen molar-refractivity contribution in [2.24, 2.45) is 0 Å². The minimum Gasteiger partial charge on any atom is -0.384 e. The van der Waals surface area contributed by atoms with E-state index in [1.54, 1.807) is 12.3 Å². The van der Waals surface area contributed by atoms with Gasteiger partial charge in [-0.15, -0.1) is 0 Å². The molecule has 3 heteroatoms. The third-order valence-corrected chi connectivity index (χ3v) is 2.61. The summed E-state index contributed by atoms with van der Waals surface area (Å²) in [6.07, 6.45) is 3.49. The minimum absolute atomic E-state index is 0.537. The van der Waals surface area contributed by atoms with Crippen molar-refractivity contribution in [2.45, 2.75) is 19.8 Å². The second kappa shape index (κ2) is 4.75. The Morgan fingerprint density at radius 2 is 1.94 bits per heavy atom. The molecule has 0 aliphatic rings. The van der Waals surface area contributed by atoms with E-state index in [0.717, 1.165) is 18.7 Å². The van der Waals surface area contributed by atoms with Crippen molar-refractivity contribution in [1.82, 2.24) is 9.97 Å². The average molecular weight is 213 g/mol. The van der Waals surface area contributed by atoms with Gasteiger partial charge < -0.3 is 5.73 Å². The zero-order valence-corrected chi connectivity index (χ0v) is 9.35. The summed E-state index contributed by atoms with van der Waals surface area (Å²) in [7, 11) is 0. The molecule has 2 rings (SSSR count). The van der Waals surface area contributed by atoms with Crippen molar-refractivity contribution >= 4 is 5.82 Å². The summed E-state index contributed by atoms with van der Waals surface area (Å²) < 4.78 is 0. The van der Waals surface area contributed by atoms with Crippen molar-refractivity contribution in [3.05, 3.63) is 53.5 Å². The molecular formula is C13H15N3. The fourth-order valence-corrected chi connectivity index (χ4v) is 1.67. The zero-order valence-electron chi connectivity index (χ0n) is 9.35. The lowest BCUT2D eigenvalue weighted by Crippen LogP contribution is -2.01. The molecule has 0 bridgehead atoms. The van der Waals surface area contributed by atoms with Crippen LogP contribution in [0.3, 0.4) is 0 Å². The summed E-state index contributed by atoms with van der Waals surface area (Å²) in [5.41, 5.74) is 8.26. The van der Waals surface area contributed by atoms with Crippen molar-refractivity contribution in [3.63, 3.8) is 0 Å². The highest BCUT2D eigenvalue weighted by Crippen LogP contribution is 2.10. The highest BCUT2D eigenvalue weighted by Gasteiger charge is 2.00. The Kier molecular flexibility index (Phi) is 3.15. The number of rotatable bonds is 3. The number of anilines is 1. The molecule has 0 radical (unpaired) electrons. The van der Waals surface area contributed by atoms with Crippen molar-refractivity contribution in [1.29, 1.82) is 0 Å². The molecule has 16 heavy (non-hydrogen) atoms. The number of nitrogens with zero attached hydrogens (tertiary/aromatic N) is 2. The quantitative estimate of drug-likeness (QED) is 0.850. The van der Waals surface area contributed by atoms with Gasteiger partial charge in [0.05, 0.1) is 0 Å². The number of aryl methyl sites for hydroxylation is 3. The van der Waals surface area contributed by atoms with E-state index in [1.165, 1.54) is 11.1 Å². The molecule has 0 amide bonds. The van der Waals surface area contributed by atoms with Crippen LogP contribution in [0, 0.1) is 6.92 Å². The van der Waals surface area contributed by atoms with Crippen LogP contribution in [-0.2, 0) is 12.8 Å². The van der Waals surface area contributed by atoms with E-state index in [2.05, 4.69) is 41.2 Å². The SMILES string of the molecule is Cc1ccccc1CCc1nccc(N)n1. The van der Waals surface area contributed by atoms with Gasteiger partial charge in [0.1, 0.15) is 11.6 Å². The second-order valence-electron chi connectivity index (χ2n) is 3.82. The zero-order chi connectivity index (χ0) is 11.4. The van der Waals surface area contributed by atoms with Crippen LogP contribution in [-0.4, -0.2) is 9.97 Å². The Morgan fingerprint density at radius 3 is 2.69 bits per heavy atom. The first-order valence-corrected chi connectivity index (χ1v) is 5.37. The van der Waals surface area contributed by atoms with Crippen LogP contribution in [0.15, 0.2) is 36.5 Å². The van der Waals surface area contributed by atoms with Crippen LogP contribution >= 0.6 is 0 Å². The highest BCUT2D eigenvalue weighted by molar-refractivity contribution is 5.27. The molecule has 2 N–H and O–H groups in total. The van der Waals surface area contributed by atoms with Crippen LogP contribution in [0.4, 0.5) is 5.82 Å². The molecule has 0 fully saturated rings. The molecule has 0 aliphatic carbocycles. The van der Waals surface area contributed by atoms with Gasteiger partial charge in [-0.05, 0) is 30.5 Å². The molecule has 1 aromatic heterocycles. The molecule has 0 spiro atoms. The molecule has 0 saturated heterocycles. The summed E-state index contributed by atoms with van der Waals surface area (Å²) in [5, 5.41) is 0. The smallest absolute Gasteiger partial charge is 0.130 e. The number of nitrogen functional groups attached to an aromatic ring is 1. The molecule has 0 unspecified atom stereocenters. The maximum atomic E-state index is 5.61. The highest BCUT2D eigenvalue weighted by atomic mass is 14.9. The van der Waals surface area contributed by atoms with E-state index in [4.69, 9.17) is 5.73 Å². The first-order chi connectivity index (χ1) is 7.75. The van der Waals surface area contributed by atoms with E-state index < -0.39 is 0 Å². The molecule has 3 nitrogen and oxygen atoms in total. The average Bonchev–Trinajstić information content (AvgIpc) is 2.28. The lowest BCUT2D eigenvalue weighted by atomic mass is 10.0. The predicted octanol–water partition coefficient (Wildman–Crippen LogP) is 2.15. The van der Waals surface area contributed by atoms with E-state index in [0.29, 0.717) is 5.82 Å². The van der Waals surface area contributed by atoms with Crippen LogP contribution < -0.4 is 5.73 Å². The van der Waals surface area contributed by atoms with Crippen molar-refractivity contribution in [3.8, 4) is 0 Å². The summed E-state index contributed by atoms with van der Waals surface area (Å²) in [6.45, 7) is 2.12. The Bertz CT molecular complexity index is 480. The number of nitrogens with two attached hydrogens (primary N) is 1. The minimum atomic E-state index is 0.537. The predicted molar refractivity (Wildman–Crippen MR) is 65.0 cm³/mol. The van der Waals surface area contributed by atoms with Gasteiger partial charge >= 0.3 is 0 Å². The van der Waals surface area contributed by atoms with Gasteiger partial charge in [-0.25, -0.2) is 9.97 Å². The van der Waals surface area contributed by atoms with Crippen LogP contribution in [0.2, 0.25) is 0 Å². The lowest BCUT2D eigenvalue weighted by molar-refractivity contribution is 0.856. The number of aromatic nitrogens is 2. The van der Waals surface area contributed by atoms with Crippen LogP contribution in [0.1, 0.15) is 17.0 Å². The first-order valence-electron chi connectivity index (χ1n) is 5.37. The monoisotopic (exact) mass is 213 g/mol. The van der Waals surface area contributed by atoms with E-state index in [9.17, 15) is 0 Å². The van der Waals surface area contributed by atoms with Gasteiger partial charge in [0.25, 0.3) is 0 Å². The Labute approximate surface area is 95.4 Å². The number of benzene rings is 1. The maximum absolute atomic E-state index is 5.61. The first kappa shape index (κ1) is 10.6. The van der Waals surface area contributed by atoms with Gasteiger partial charge in [0.2, 0.25) is 0 Å². The standard InChI is InChI=1S/C13H15N3/c1-10-4-2-3-5-11(10)6-7-13-15-9-8-12(14)16-13/h2-5,8-9H,6-7H2,1H3,(H2,14,15,16). The molecule has 0 saturated carbocycles. The maximum Gasteiger partial charge on any atom is 0.130 e. The second-order valence-corrected chi connectivity index (χ2v) is 3.82. The molecular weight excluding hydrogens is 198 g/mol. The Morgan fingerprint density at radius 1 is 1.12 bits per heavy atom. The van der Waals surface area contributed by atoms with Crippen molar-refractivity contribution < 1.29 is 0 Å². The Balaban J connectivity index is 2.05. The van der Waals surface area contributed by atoms with Gasteiger partial charge in [0.15, 0.2) is 0 Å².